The lowest BCUT2D eigenvalue weighted by molar-refractivity contribution is 0.600. The standard InChI is InChI=1S/C8H6BrN3O3S2/c9-7-4-11-8(16-7)12-17(14,15)6-3-10-2-1-5(6)13/h1-4H,(H,10,13)(H,11,12). The van der Waals surface area contributed by atoms with Crippen molar-refractivity contribution in [3.8, 4) is 0 Å². The van der Waals surface area contributed by atoms with Crippen LogP contribution in [0.1, 0.15) is 0 Å². The molecule has 0 saturated heterocycles. The first-order chi connectivity index (χ1) is 7.99. The molecule has 0 amide bonds. The van der Waals surface area contributed by atoms with E-state index in [0.717, 1.165) is 23.6 Å². The van der Waals surface area contributed by atoms with Crippen molar-refractivity contribution >= 4 is 42.4 Å². The molecule has 0 radical (unpaired) electrons. The second kappa shape index (κ2) is 4.59. The Morgan fingerprint density at radius 3 is 2.82 bits per heavy atom. The highest BCUT2D eigenvalue weighted by molar-refractivity contribution is 9.11. The zero-order chi connectivity index (χ0) is 12.5. The van der Waals surface area contributed by atoms with Crippen molar-refractivity contribution in [3.63, 3.8) is 0 Å². The van der Waals surface area contributed by atoms with Crippen molar-refractivity contribution in [1.82, 2.24) is 9.97 Å². The minimum absolute atomic E-state index is 0.195. The van der Waals surface area contributed by atoms with E-state index in [2.05, 4.69) is 30.6 Å². The lowest BCUT2D eigenvalue weighted by Crippen LogP contribution is -2.20. The summed E-state index contributed by atoms with van der Waals surface area (Å²) in [6, 6.07) is 1.15. The summed E-state index contributed by atoms with van der Waals surface area (Å²) in [5.41, 5.74) is -0.577. The molecule has 0 aliphatic rings. The van der Waals surface area contributed by atoms with Crippen molar-refractivity contribution < 1.29 is 8.42 Å². The third kappa shape index (κ3) is 2.73. The van der Waals surface area contributed by atoms with Crippen LogP contribution in [0.25, 0.3) is 0 Å². The number of nitrogens with one attached hydrogen (secondary N) is 2. The topological polar surface area (TPSA) is 91.9 Å². The van der Waals surface area contributed by atoms with E-state index in [1.165, 1.54) is 12.4 Å². The van der Waals surface area contributed by atoms with Gasteiger partial charge in [0.1, 0.15) is 0 Å². The highest BCUT2D eigenvalue weighted by atomic mass is 79.9. The number of sulfonamides is 1. The van der Waals surface area contributed by atoms with E-state index >= 15 is 0 Å². The van der Waals surface area contributed by atoms with Gasteiger partial charge in [0.05, 0.1) is 9.98 Å². The molecule has 0 unspecified atom stereocenters. The highest BCUT2D eigenvalue weighted by Crippen LogP contribution is 2.24. The Morgan fingerprint density at radius 1 is 1.47 bits per heavy atom. The summed E-state index contributed by atoms with van der Waals surface area (Å²) < 4.78 is 26.6. The first kappa shape index (κ1) is 12.3. The summed E-state index contributed by atoms with van der Waals surface area (Å²) in [6.07, 6.45) is 3.96. The molecule has 0 aliphatic heterocycles. The lowest BCUT2D eigenvalue weighted by Gasteiger charge is -2.03. The number of anilines is 1. The zero-order valence-corrected chi connectivity index (χ0v) is 11.4. The summed E-state index contributed by atoms with van der Waals surface area (Å²) in [4.78, 5) is 17.4. The van der Waals surface area contributed by atoms with Crippen molar-refractivity contribution in [2.45, 2.75) is 4.90 Å². The number of thiazole rings is 1. The predicted octanol–water partition coefficient (Wildman–Crippen LogP) is 1.39. The van der Waals surface area contributed by atoms with Crippen LogP contribution >= 0.6 is 27.3 Å². The van der Waals surface area contributed by atoms with Gasteiger partial charge >= 0.3 is 0 Å². The van der Waals surface area contributed by atoms with Gasteiger partial charge in [-0.25, -0.2) is 13.4 Å². The molecule has 0 spiro atoms. The Morgan fingerprint density at radius 2 is 2.24 bits per heavy atom. The Kier molecular flexibility index (Phi) is 3.31. The van der Waals surface area contributed by atoms with Gasteiger partial charge in [-0.05, 0) is 15.9 Å². The van der Waals surface area contributed by atoms with Gasteiger partial charge < -0.3 is 4.98 Å². The monoisotopic (exact) mass is 335 g/mol. The molecule has 0 saturated carbocycles. The molecule has 2 aromatic rings. The maximum atomic E-state index is 11.9. The maximum Gasteiger partial charge on any atom is 0.269 e. The average molecular weight is 336 g/mol. The van der Waals surface area contributed by atoms with Crippen LogP contribution in [0, 0.1) is 0 Å². The number of H-pyrrole nitrogens is 1. The fourth-order valence-electron chi connectivity index (χ4n) is 1.08. The summed E-state index contributed by atoms with van der Waals surface area (Å²) >= 11 is 4.28. The van der Waals surface area contributed by atoms with E-state index in [1.54, 1.807) is 0 Å². The van der Waals surface area contributed by atoms with Gasteiger partial charge in [0.25, 0.3) is 10.0 Å². The van der Waals surface area contributed by atoms with Crippen LogP contribution in [0.5, 0.6) is 0 Å². The summed E-state index contributed by atoms with van der Waals surface area (Å²) in [6.45, 7) is 0. The molecule has 2 heterocycles. The van der Waals surface area contributed by atoms with Gasteiger partial charge in [-0.15, -0.1) is 0 Å². The summed E-state index contributed by atoms with van der Waals surface area (Å²) in [5.74, 6) is 0. The second-order valence-corrected chi connectivity index (χ2v) is 7.01. The largest absolute Gasteiger partial charge is 0.366 e. The number of rotatable bonds is 3. The Hall–Kier alpha value is -1.19. The second-order valence-electron chi connectivity index (χ2n) is 2.95. The smallest absolute Gasteiger partial charge is 0.269 e. The molecule has 9 heteroatoms. The quantitative estimate of drug-likeness (QED) is 0.886. The van der Waals surface area contributed by atoms with Gasteiger partial charge in [0.15, 0.2) is 10.0 Å². The molecule has 2 N–H and O–H groups in total. The third-order valence-corrected chi connectivity index (χ3v) is 4.66. The number of hydrogen-bond acceptors (Lipinski definition) is 5. The van der Waals surface area contributed by atoms with Gasteiger partial charge in [0, 0.05) is 18.5 Å². The van der Waals surface area contributed by atoms with E-state index in [4.69, 9.17) is 0 Å². The summed E-state index contributed by atoms with van der Waals surface area (Å²) in [5, 5.41) is 0.195. The SMILES string of the molecule is O=c1cc[nH]cc1S(=O)(=O)Nc1ncc(Br)s1. The van der Waals surface area contributed by atoms with Gasteiger partial charge in [-0.2, -0.15) is 0 Å². The van der Waals surface area contributed by atoms with E-state index in [1.807, 2.05) is 0 Å². The van der Waals surface area contributed by atoms with Crippen LogP contribution in [-0.4, -0.2) is 18.4 Å². The molecule has 0 aliphatic carbocycles. The van der Waals surface area contributed by atoms with E-state index in [9.17, 15) is 13.2 Å². The number of aromatic nitrogens is 2. The van der Waals surface area contributed by atoms with Crippen molar-refractivity contribution in [2.75, 3.05) is 4.72 Å². The first-order valence-corrected chi connectivity index (χ1v) is 7.39. The fourth-order valence-corrected chi connectivity index (χ4v) is 3.48. The molecule has 90 valence electrons. The lowest BCUT2D eigenvalue weighted by atomic mass is 10.5. The molecule has 6 nitrogen and oxygen atoms in total. The van der Waals surface area contributed by atoms with Gasteiger partial charge in [-0.3, -0.25) is 9.52 Å². The minimum Gasteiger partial charge on any atom is -0.366 e. The fraction of sp³-hybridized carbons (Fsp3) is 0. The number of pyridine rings is 1. The number of aromatic amines is 1. The number of nitrogens with zero attached hydrogens (tertiary/aromatic N) is 1. The van der Waals surface area contributed by atoms with E-state index < -0.39 is 15.5 Å². The average Bonchev–Trinajstić information content (AvgIpc) is 2.63. The molecule has 17 heavy (non-hydrogen) atoms. The normalized spacial score (nSPS) is 11.4. The van der Waals surface area contributed by atoms with Crippen molar-refractivity contribution in [2.24, 2.45) is 0 Å². The molecule has 0 atom stereocenters. The van der Waals surface area contributed by atoms with Crippen LogP contribution in [-0.2, 0) is 10.0 Å². The van der Waals surface area contributed by atoms with Crippen LogP contribution in [0.4, 0.5) is 5.13 Å². The molecular formula is C8H6BrN3O3S2. The molecule has 0 fully saturated rings. The van der Waals surface area contributed by atoms with Crippen molar-refractivity contribution in [1.29, 1.82) is 0 Å². The maximum absolute atomic E-state index is 11.9. The third-order valence-electron chi connectivity index (χ3n) is 1.78. The van der Waals surface area contributed by atoms with Crippen LogP contribution < -0.4 is 10.2 Å². The Balaban J connectivity index is 2.38. The number of hydrogen-bond donors (Lipinski definition) is 2. The molecule has 2 rings (SSSR count). The molecule has 0 aromatic carbocycles. The molecular weight excluding hydrogens is 330 g/mol. The molecule has 2 aromatic heterocycles. The zero-order valence-electron chi connectivity index (χ0n) is 8.18. The van der Waals surface area contributed by atoms with Crippen LogP contribution in [0.15, 0.2) is 38.1 Å². The van der Waals surface area contributed by atoms with Crippen LogP contribution in [0.2, 0.25) is 0 Å². The van der Waals surface area contributed by atoms with Crippen molar-refractivity contribution in [3.05, 3.63) is 38.7 Å². The van der Waals surface area contributed by atoms with Gasteiger partial charge in [0.2, 0.25) is 5.43 Å². The highest BCUT2D eigenvalue weighted by Gasteiger charge is 2.19. The Bertz CT molecular complexity index is 692. The van der Waals surface area contributed by atoms with Gasteiger partial charge in [-0.1, -0.05) is 11.3 Å². The number of halogens is 1. The van der Waals surface area contributed by atoms with Crippen LogP contribution in [0.3, 0.4) is 0 Å². The van der Waals surface area contributed by atoms with E-state index in [0.29, 0.717) is 3.79 Å². The first-order valence-electron chi connectivity index (χ1n) is 4.30. The minimum atomic E-state index is -3.90. The molecule has 0 bridgehead atoms. The van der Waals surface area contributed by atoms with E-state index in [-0.39, 0.29) is 10.0 Å². The summed E-state index contributed by atoms with van der Waals surface area (Å²) in [7, 11) is -3.90. The predicted molar refractivity (Wildman–Crippen MR) is 67.7 cm³/mol. The Labute approximate surface area is 109 Å².